The Morgan fingerprint density at radius 2 is 2.03 bits per heavy atom. The first-order chi connectivity index (χ1) is 14.0. The Morgan fingerprint density at radius 1 is 1.24 bits per heavy atom. The van der Waals surface area contributed by atoms with Crippen molar-refractivity contribution in [1.29, 1.82) is 5.41 Å². The minimum absolute atomic E-state index is 0.0307. The van der Waals surface area contributed by atoms with Gasteiger partial charge >= 0.3 is 0 Å². The molecule has 148 valence electrons. The number of unbranched alkanes of at least 4 members (excludes halogenated alkanes) is 1. The summed E-state index contributed by atoms with van der Waals surface area (Å²) in [4.78, 5) is 17.6. The van der Waals surface area contributed by atoms with Crippen LogP contribution in [0.1, 0.15) is 37.5 Å². The zero-order chi connectivity index (χ0) is 20.4. The van der Waals surface area contributed by atoms with Crippen LogP contribution >= 0.6 is 23.5 Å². The molecule has 2 aliphatic rings. The molecule has 8 heteroatoms. The second-order valence-electron chi connectivity index (χ2n) is 6.69. The molecule has 3 heterocycles. The van der Waals surface area contributed by atoms with E-state index in [0.717, 1.165) is 34.3 Å². The summed E-state index contributed by atoms with van der Waals surface area (Å²) >= 11 is 2.87. The number of hydrazone groups is 1. The number of nitrogens with one attached hydrogen (secondary N) is 1. The number of thioether (sulfide) groups is 1. The lowest BCUT2D eigenvalue weighted by Gasteiger charge is -2.19. The van der Waals surface area contributed by atoms with E-state index in [0.29, 0.717) is 10.9 Å². The van der Waals surface area contributed by atoms with Gasteiger partial charge in [-0.15, -0.1) is 0 Å². The molecule has 1 N–H and O–H groups in total. The second-order valence-corrected chi connectivity index (χ2v) is 8.81. The molecule has 0 bridgehead atoms. The Bertz CT molecular complexity index is 1050. The molecule has 1 aromatic heterocycles. The predicted octanol–water partition coefficient (Wildman–Crippen LogP) is 5.55. The van der Waals surface area contributed by atoms with Crippen LogP contribution in [0.25, 0.3) is 6.08 Å². The Balaban J connectivity index is 1.52. The maximum atomic E-state index is 12.5. The summed E-state index contributed by atoms with van der Waals surface area (Å²) in [6, 6.07) is 11.8. The monoisotopic (exact) mass is 424 g/mol. The van der Waals surface area contributed by atoms with E-state index in [4.69, 9.17) is 9.83 Å². The molecule has 0 atom stereocenters. The SMILES string of the molecule is CCCCC1=NN2C(=N)/C(=C/c3ccc(Sc4ccc(C)cc4)o3)C(=O)N=C2S1. The van der Waals surface area contributed by atoms with Crippen LogP contribution in [-0.4, -0.2) is 27.0 Å². The van der Waals surface area contributed by atoms with Crippen molar-refractivity contribution in [1.82, 2.24) is 5.01 Å². The zero-order valence-electron chi connectivity index (χ0n) is 16.1. The van der Waals surface area contributed by atoms with Gasteiger partial charge in [-0.3, -0.25) is 10.2 Å². The highest BCUT2D eigenvalue weighted by Crippen LogP contribution is 2.32. The lowest BCUT2D eigenvalue weighted by atomic mass is 10.1. The number of furan rings is 1. The van der Waals surface area contributed by atoms with E-state index < -0.39 is 5.91 Å². The molecule has 2 aliphatic heterocycles. The Hall–Kier alpha value is -2.58. The lowest BCUT2D eigenvalue weighted by Crippen LogP contribution is -2.35. The van der Waals surface area contributed by atoms with Crippen molar-refractivity contribution in [3.8, 4) is 0 Å². The fourth-order valence-corrected chi connectivity index (χ4v) is 4.50. The molecular formula is C21H20N4O2S2. The quantitative estimate of drug-likeness (QED) is 0.615. The molecule has 0 saturated heterocycles. The maximum Gasteiger partial charge on any atom is 0.283 e. The number of amides is 1. The largest absolute Gasteiger partial charge is 0.450 e. The van der Waals surface area contributed by atoms with Crippen LogP contribution in [0.2, 0.25) is 0 Å². The summed E-state index contributed by atoms with van der Waals surface area (Å²) in [7, 11) is 0. The van der Waals surface area contributed by atoms with E-state index in [-0.39, 0.29) is 11.4 Å². The molecule has 0 saturated carbocycles. The highest BCUT2D eigenvalue weighted by atomic mass is 32.2. The highest BCUT2D eigenvalue weighted by Gasteiger charge is 2.35. The molecule has 4 rings (SSSR count). The van der Waals surface area contributed by atoms with Crippen molar-refractivity contribution < 1.29 is 9.21 Å². The van der Waals surface area contributed by atoms with Crippen molar-refractivity contribution in [2.24, 2.45) is 10.1 Å². The van der Waals surface area contributed by atoms with Crippen molar-refractivity contribution in [3.05, 3.63) is 53.3 Å². The number of carbonyl (C=O) groups excluding carboxylic acids is 1. The van der Waals surface area contributed by atoms with Gasteiger partial charge in [0.2, 0.25) is 5.17 Å². The van der Waals surface area contributed by atoms with Crippen LogP contribution in [0.4, 0.5) is 0 Å². The number of hydrogen-bond donors (Lipinski definition) is 1. The number of hydrogen-bond acceptors (Lipinski definition) is 6. The first kappa shape index (κ1) is 19.7. The average Bonchev–Trinajstić information content (AvgIpc) is 3.32. The van der Waals surface area contributed by atoms with Crippen molar-refractivity contribution >= 4 is 51.6 Å². The molecule has 2 aromatic rings. The molecule has 6 nitrogen and oxygen atoms in total. The fourth-order valence-electron chi connectivity index (χ4n) is 2.79. The van der Waals surface area contributed by atoms with Crippen molar-refractivity contribution in [2.75, 3.05) is 0 Å². The maximum absolute atomic E-state index is 12.5. The first-order valence-corrected chi connectivity index (χ1v) is 11.0. The number of benzene rings is 1. The fraction of sp³-hybridized carbons (Fsp3) is 0.238. The van der Waals surface area contributed by atoms with Gasteiger partial charge in [-0.1, -0.05) is 42.8 Å². The molecule has 29 heavy (non-hydrogen) atoms. The number of nitrogens with zero attached hydrogens (tertiary/aromatic N) is 3. The minimum Gasteiger partial charge on any atom is -0.450 e. The summed E-state index contributed by atoms with van der Waals surface area (Å²) in [6.45, 7) is 4.16. The molecule has 0 unspecified atom stereocenters. The van der Waals surface area contributed by atoms with Crippen LogP contribution < -0.4 is 0 Å². The third-order valence-electron chi connectivity index (χ3n) is 4.37. The van der Waals surface area contributed by atoms with E-state index in [1.807, 2.05) is 25.1 Å². The third-order valence-corrected chi connectivity index (χ3v) is 6.27. The van der Waals surface area contributed by atoms with Crippen LogP contribution in [0.3, 0.4) is 0 Å². The van der Waals surface area contributed by atoms with Crippen LogP contribution in [0.15, 0.2) is 66.5 Å². The molecule has 0 spiro atoms. The number of fused-ring (bicyclic) bond motifs is 1. The van der Waals surface area contributed by atoms with Crippen molar-refractivity contribution in [2.45, 2.75) is 43.1 Å². The van der Waals surface area contributed by atoms with Crippen LogP contribution in [-0.2, 0) is 4.79 Å². The Kier molecular flexibility index (Phi) is 5.73. The highest BCUT2D eigenvalue weighted by molar-refractivity contribution is 8.26. The van der Waals surface area contributed by atoms with Gasteiger partial charge in [0, 0.05) is 4.90 Å². The number of aryl methyl sites for hydroxylation is 1. The van der Waals surface area contributed by atoms with Gasteiger partial charge in [0.1, 0.15) is 10.8 Å². The number of rotatable bonds is 6. The number of aliphatic imine (C=N–C) groups is 1. The van der Waals surface area contributed by atoms with Gasteiger partial charge in [-0.2, -0.15) is 15.1 Å². The van der Waals surface area contributed by atoms with E-state index in [9.17, 15) is 4.79 Å². The number of amidine groups is 2. The van der Waals surface area contributed by atoms with E-state index in [2.05, 4.69) is 29.2 Å². The molecule has 1 aromatic carbocycles. The molecule has 0 radical (unpaired) electrons. The average molecular weight is 425 g/mol. The second kappa shape index (κ2) is 8.42. The van der Waals surface area contributed by atoms with E-state index in [1.165, 1.54) is 34.1 Å². The summed E-state index contributed by atoms with van der Waals surface area (Å²) in [6.07, 6.45) is 4.48. The van der Waals surface area contributed by atoms with Gasteiger partial charge in [-0.05, 0) is 61.9 Å². The zero-order valence-corrected chi connectivity index (χ0v) is 17.8. The Morgan fingerprint density at radius 3 is 2.79 bits per heavy atom. The van der Waals surface area contributed by atoms with Gasteiger partial charge in [0.05, 0.1) is 5.57 Å². The standard InChI is InChI=1S/C21H20N4O2S2/c1-3-4-5-17-24-25-19(22)16(20(26)23-21(25)29-17)12-14-8-11-18(27-14)28-15-9-6-13(2)7-10-15/h6-12,22H,3-5H2,1-2H3/b16-12-,22-19?. The van der Waals surface area contributed by atoms with E-state index >= 15 is 0 Å². The topological polar surface area (TPSA) is 82.0 Å². The summed E-state index contributed by atoms with van der Waals surface area (Å²) in [5.41, 5.74) is 1.38. The molecule has 0 fully saturated rings. The Labute approximate surface area is 177 Å². The van der Waals surface area contributed by atoms with E-state index in [1.54, 1.807) is 12.1 Å². The number of carbonyl (C=O) groups is 1. The van der Waals surface area contributed by atoms with Crippen LogP contribution in [0.5, 0.6) is 0 Å². The molecule has 0 aliphatic carbocycles. The van der Waals surface area contributed by atoms with Gasteiger partial charge in [0.25, 0.3) is 5.91 Å². The van der Waals surface area contributed by atoms with Crippen molar-refractivity contribution in [3.63, 3.8) is 0 Å². The third kappa shape index (κ3) is 4.38. The molecular weight excluding hydrogens is 404 g/mol. The lowest BCUT2D eigenvalue weighted by molar-refractivity contribution is -0.114. The minimum atomic E-state index is -0.440. The first-order valence-electron chi connectivity index (χ1n) is 9.37. The smallest absolute Gasteiger partial charge is 0.283 e. The summed E-state index contributed by atoms with van der Waals surface area (Å²) < 4.78 is 5.83. The normalized spacial score (nSPS) is 17.6. The van der Waals surface area contributed by atoms with Gasteiger partial charge in [0.15, 0.2) is 10.9 Å². The molecule has 1 amide bonds. The summed E-state index contributed by atoms with van der Waals surface area (Å²) in [5.74, 6) is 0.0985. The predicted molar refractivity (Wildman–Crippen MR) is 119 cm³/mol. The van der Waals surface area contributed by atoms with Gasteiger partial charge in [-0.25, -0.2) is 0 Å². The van der Waals surface area contributed by atoms with Crippen LogP contribution in [0, 0.1) is 12.3 Å². The summed E-state index contributed by atoms with van der Waals surface area (Å²) in [5, 5.41) is 16.4. The van der Waals surface area contributed by atoms with Gasteiger partial charge < -0.3 is 4.42 Å².